The van der Waals surface area contributed by atoms with Crippen LogP contribution < -0.4 is 10.6 Å². The number of carbonyl (C=O) groups is 1. The van der Waals surface area contributed by atoms with Crippen molar-refractivity contribution in [1.29, 1.82) is 0 Å². The Morgan fingerprint density at radius 2 is 1.57 bits per heavy atom. The highest BCUT2D eigenvalue weighted by Gasteiger charge is 2.58. The molecule has 3 nitrogen and oxygen atoms in total. The molecule has 1 spiro atoms. The van der Waals surface area contributed by atoms with Gasteiger partial charge in [0.05, 0.1) is 0 Å². The van der Waals surface area contributed by atoms with Crippen LogP contribution in [0.25, 0.3) is 0 Å². The average molecular weight is 292 g/mol. The van der Waals surface area contributed by atoms with Gasteiger partial charge in [0, 0.05) is 12.0 Å². The Labute approximate surface area is 129 Å². The summed E-state index contributed by atoms with van der Waals surface area (Å²) in [5.41, 5.74) is 1.04. The third kappa shape index (κ3) is 3.28. The molecule has 3 heteroatoms. The zero-order valence-electron chi connectivity index (χ0n) is 14.2. The monoisotopic (exact) mass is 292 g/mol. The second-order valence-electron chi connectivity index (χ2n) is 9.49. The van der Waals surface area contributed by atoms with Crippen molar-refractivity contribution in [3.63, 3.8) is 0 Å². The van der Waals surface area contributed by atoms with E-state index in [9.17, 15) is 4.79 Å². The van der Waals surface area contributed by atoms with E-state index < -0.39 is 0 Å². The first kappa shape index (κ1) is 15.3. The molecule has 1 heterocycles. The summed E-state index contributed by atoms with van der Waals surface area (Å²) in [5, 5.41) is 6.82. The van der Waals surface area contributed by atoms with Crippen molar-refractivity contribution in [3.05, 3.63) is 0 Å². The van der Waals surface area contributed by atoms with Crippen molar-refractivity contribution in [2.75, 3.05) is 13.1 Å². The zero-order chi connectivity index (χ0) is 15.3. The van der Waals surface area contributed by atoms with Crippen molar-refractivity contribution in [2.24, 2.45) is 22.2 Å². The van der Waals surface area contributed by atoms with E-state index in [-0.39, 0.29) is 0 Å². The van der Waals surface area contributed by atoms with E-state index in [1.54, 1.807) is 0 Å². The van der Waals surface area contributed by atoms with Gasteiger partial charge in [0.2, 0.25) is 5.91 Å². The third-order valence-corrected chi connectivity index (χ3v) is 6.01. The van der Waals surface area contributed by atoms with Crippen molar-refractivity contribution in [2.45, 2.75) is 72.3 Å². The van der Waals surface area contributed by atoms with Crippen molar-refractivity contribution < 1.29 is 4.79 Å². The molecular weight excluding hydrogens is 260 g/mol. The maximum absolute atomic E-state index is 12.6. The number of nitrogens with one attached hydrogen (secondary N) is 2. The van der Waals surface area contributed by atoms with Gasteiger partial charge in [-0.25, -0.2) is 0 Å². The Bertz CT molecular complexity index is 405. The Balaban J connectivity index is 1.58. The molecule has 3 aliphatic rings. The summed E-state index contributed by atoms with van der Waals surface area (Å²) in [7, 11) is 0. The maximum Gasteiger partial charge on any atom is 0.223 e. The molecule has 21 heavy (non-hydrogen) atoms. The molecule has 0 aromatic heterocycles. The molecule has 1 saturated heterocycles. The first-order valence-corrected chi connectivity index (χ1v) is 8.73. The van der Waals surface area contributed by atoms with Crippen LogP contribution >= 0.6 is 0 Å². The third-order valence-electron chi connectivity index (χ3n) is 6.01. The molecule has 1 amide bonds. The molecule has 0 aromatic rings. The predicted octanol–water partition coefficient (Wildman–Crippen LogP) is 3.10. The van der Waals surface area contributed by atoms with Crippen molar-refractivity contribution >= 4 is 5.91 Å². The number of hydrogen-bond donors (Lipinski definition) is 2. The molecule has 120 valence electrons. The van der Waals surface area contributed by atoms with Gasteiger partial charge < -0.3 is 10.6 Å². The van der Waals surface area contributed by atoms with Crippen LogP contribution in [0.1, 0.15) is 66.2 Å². The molecule has 1 atom stereocenters. The van der Waals surface area contributed by atoms with E-state index in [1.165, 1.54) is 19.3 Å². The summed E-state index contributed by atoms with van der Waals surface area (Å²) in [6, 6.07) is 0.371. The first-order chi connectivity index (χ1) is 9.72. The van der Waals surface area contributed by atoms with Crippen LogP contribution in [0, 0.1) is 22.2 Å². The summed E-state index contributed by atoms with van der Waals surface area (Å²) in [4.78, 5) is 12.6. The summed E-state index contributed by atoms with van der Waals surface area (Å²) in [6.07, 6.45) is 7.01. The molecule has 0 bridgehead atoms. The smallest absolute Gasteiger partial charge is 0.223 e. The quantitative estimate of drug-likeness (QED) is 0.821. The number of rotatable bonds is 2. The van der Waals surface area contributed by atoms with Crippen LogP contribution in [0.3, 0.4) is 0 Å². The SMILES string of the molecule is CC1(C)CC(NC(=O)C2CC23CCNCC3)CC(C)(C)C1. The number of carbonyl (C=O) groups excluding carboxylic acids is 1. The molecule has 2 aliphatic carbocycles. The van der Waals surface area contributed by atoms with Gasteiger partial charge >= 0.3 is 0 Å². The van der Waals surface area contributed by atoms with Gasteiger partial charge in [-0.2, -0.15) is 0 Å². The van der Waals surface area contributed by atoms with Gasteiger partial charge in [0.1, 0.15) is 0 Å². The molecule has 1 unspecified atom stereocenters. The summed E-state index contributed by atoms with van der Waals surface area (Å²) in [6.45, 7) is 11.6. The van der Waals surface area contributed by atoms with Crippen molar-refractivity contribution in [3.8, 4) is 0 Å². The molecule has 2 saturated carbocycles. The minimum absolute atomic E-state index is 0.299. The van der Waals surface area contributed by atoms with E-state index in [2.05, 4.69) is 38.3 Å². The van der Waals surface area contributed by atoms with E-state index in [0.29, 0.717) is 34.1 Å². The summed E-state index contributed by atoms with van der Waals surface area (Å²) >= 11 is 0. The Morgan fingerprint density at radius 3 is 2.14 bits per heavy atom. The summed E-state index contributed by atoms with van der Waals surface area (Å²) < 4.78 is 0. The van der Waals surface area contributed by atoms with Crippen LogP contribution in [-0.2, 0) is 4.79 Å². The number of piperidine rings is 1. The maximum atomic E-state index is 12.6. The fourth-order valence-corrected chi connectivity index (χ4v) is 5.45. The average Bonchev–Trinajstić information content (AvgIpc) is 2.99. The van der Waals surface area contributed by atoms with Gasteiger partial charge in [0.25, 0.3) is 0 Å². The fraction of sp³-hybridized carbons (Fsp3) is 0.944. The topological polar surface area (TPSA) is 41.1 Å². The zero-order valence-corrected chi connectivity index (χ0v) is 14.2. The molecule has 2 N–H and O–H groups in total. The highest BCUT2D eigenvalue weighted by atomic mass is 16.2. The summed E-state index contributed by atoms with van der Waals surface area (Å²) in [5.74, 6) is 0.642. The fourth-order valence-electron chi connectivity index (χ4n) is 5.45. The van der Waals surface area contributed by atoms with Gasteiger partial charge in [0.15, 0.2) is 0 Å². The molecule has 0 aromatic carbocycles. The van der Waals surface area contributed by atoms with Gasteiger partial charge in [-0.15, -0.1) is 0 Å². The normalized spacial score (nSPS) is 33.6. The lowest BCUT2D eigenvalue weighted by molar-refractivity contribution is -0.124. The van der Waals surface area contributed by atoms with Gasteiger partial charge in [-0.3, -0.25) is 4.79 Å². The number of hydrogen-bond acceptors (Lipinski definition) is 2. The van der Waals surface area contributed by atoms with Gasteiger partial charge in [-0.05, 0) is 67.9 Å². The lowest BCUT2D eigenvalue weighted by Crippen LogP contribution is -2.47. The van der Waals surface area contributed by atoms with Crippen LogP contribution in [-0.4, -0.2) is 25.0 Å². The molecule has 1 aliphatic heterocycles. The molecule has 3 fully saturated rings. The van der Waals surface area contributed by atoms with E-state index in [4.69, 9.17) is 0 Å². The molecule has 0 radical (unpaired) electrons. The van der Waals surface area contributed by atoms with Crippen molar-refractivity contribution in [1.82, 2.24) is 10.6 Å². The Hall–Kier alpha value is -0.570. The van der Waals surface area contributed by atoms with Crippen LogP contribution in [0.2, 0.25) is 0 Å². The molecular formula is C18H32N2O. The Morgan fingerprint density at radius 1 is 1.00 bits per heavy atom. The lowest BCUT2D eigenvalue weighted by atomic mass is 9.63. The van der Waals surface area contributed by atoms with Gasteiger partial charge in [-0.1, -0.05) is 27.7 Å². The van der Waals surface area contributed by atoms with E-state index >= 15 is 0 Å². The van der Waals surface area contributed by atoms with Crippen LogP contribution in [0.5, 0.6) is 0 Å². The highest BCUT2D eigenvalue weighted by Crippen LogP contribution is 2.58. The lowest BCUT2D eigenvalue weighted by Gasteiger charge is -2.45. The minimum atomic E-state index is 0.299. The minimum Gasteiger partial charge on any atom is -0.353 e. The molecule has 3 rings (SSSR count). The van der Waals surface area contributed by atoms with Crippen LogP contribution in [0.4, 0.5) is 0 Å². The van der Waals surface area contributed by atoms with Crippen LogP contribution in [0.15, 0.2) is 0 Å². The van der Waals surface area contributed by atoms with E-state index in [1.807, 2.05) is 0 Å². The first-order valence-electron chi connectivity index (χ1n) is 8.73. The number of amides is 1. The second-order valence-corrected chi connectivity index (χ2v) is 9.49. The largest absolute Gasteiger partial charge is 0.353 e. The predicted molar refractivity (Wildman–Crippen MR) is 86.0 cm³/mol. The second kappa shape index (κ2) is 4.97. The Kier molecular flexibility index (Phi) is 3.63. The van der Waals surface area contributed by atoms with E-state index in [0.717, 1.165) is 32.4 Å². The highest BCUT2D eigenvalue weighted by molar-refractivity contribution is 5.82. The standard InChI is InChI=1S/C18H32N2O/c1-16(2)9-13(10-17(3,4)12-16)20-15(21)14-11-18(14)5-7-19-8-6-18/h13-14,19H,5-12H2,1-4H3,(H,20,21).